The van der Waals surface area contributed by atoms with Gasteiger partial charge < -0.3 is 9.84 Å². The topological polar surface area (TPSA) is 63.6 Å². The Morgan fingerprint density at radius 1 is 0.774 bits per heavy atom. The summed E-state index contributed by atoms with van der Waals surface area (Å²) >= 11 is 14.8. The molecule has 0 heterocycles. The molecule has 0 aliphatic rings. The predicted octanol–water partition coefficient (Wildman–Crippen LogP) is 7.12. The van der Waals surface area contributed by atoms with Gasteiger partial charge in [-0.25, -0.2) is 0 Å². The van der Waals surface area contributed by atoms with Crippen LogP contribution in [0.15, 0.2) is 46.6 Å². The summed E-state index contributed by atoms with van der Waals surface area (Å²) in [6.45, 7) is 13.0. The molecular formula is C24H39Cl3O4. The molecule has 0 aliphatic carbocycles. The maximum Gasteiger partial charge on any atom is 0.321 e. The van der Waals surface area contributed by atoms with Crippen LogP contribution in [0.4, 0.5) is 0 Å². The molecule has 0 aromatic heterocycles. The first-order chi connectivity index (χ1) is 14.5. The van der Waals surface area contributed by atoms with Gasteiger partial charge in [0.25, 0.3) is 0 Å². The minimum Gasteiger partial charge on any atom is -0.461 e. The maximum absolute atomic E-state index is 10.7. The fraction of sp³-hybridized carbons (Fsp3) is 0.583. The average Bonchev–Trinajstić information content (AvgIpc) is 2.68. The van der Waals surface area contributed by atoms with Crippen molar-refractivity contribution in [2.45, 2.75) is 67.2 Å². The van der Waals surface area contributed by atoms with Gasteiger partial charge in [-0.05, 0) is 84.9 Å². The van der Waals surface area contributed by atoms with E-state index in [0.717, 1.165) is 25.7 Å². The number of esters is 1. The van der Waals surface area contributed by atoms with Crippen LogP contribution in [0, 0.1) is 0 Å². The van der Waals surface area contributed by atoms with E-state index in [1.165, 1.54) is 22.3 Å². The molecule has 31 heavy (non-hydrogen) atoms. The maximum atomic E-state index is 10.7. The molecule has 4 nitrogen and oxygen atoms in total. The highest BCUT2D eigenvalue weighted by Crippen LogP contribution is 2.06. The summed E-state index contributed by atoms with van der Waals surface area (Å²) in [5, 5.41) is 8.05. The Kier molecular flexibility index (Phi) is 28.1. The highest BCUT2D eigenvalue weighted by Gasteiger charge is 1.96. The summed E-state index contributed by atoms with van der Waals surface area (Å²) in [4.78, 5) is 20.1. The van der Waals surface area contributed by atoms with Crippen molar-refractivity contribution in [3.63, 3.8) is 0 Å². The van der Waals surface area contributed by atoms with Crippen molar-refractivity contribution in [2.75, 3.05) is 25.0 Å². The summed E-state index contributed by atoms with van der Waals surface area (Å²) in [5.74, 6) is -0.545. The lowest BCUT2D eigenvalue weighted by Gasteiger charge is -2.00. The number of halogens is 3. The smallest absolute Gasteiger partial charge is 0.321 e. The molecule has 7 heteroatoms. The molecule has 0 aromatic rings. The molecule has 0 aromatic carbocycles. The van der Waals surface area contributed by atoms with Gasteiger partial charge in [0.2, 0.25) is 5.24 Å². The van der Waals surface area contributed by atoms with Crippen molar-refractivity contribution in [3.8, 4) is 0 Å². The molecule has 0 spiro atoms. The molecule has 0 radical (unpaired) electrons. The quantitative estimate of drug-likeness (QED) is 0.143. The zero-order chi connectivity index (χ0) is 24.7. The number of aliphatic hydroxyl groups excluding tert-OH is 1. The van der Waals surface area contributed by atoms with E-state index in [1.807, 2.05) is 19.1 Å². The van der Waals surface area contributed by atoms with Gasteiger partial charge >= 0.3 is 5.97 Å². The van der Waals surface area contributed by atoms with Crippen molar-refractivity contribution in [1.82, 2.24) is 0 Å². The third-order valence-corrected chi connectivity index (χ3v) is 4.24. The molecule has 0 rings (SSSR count). The minimum atomic E-state index is -0.508. The zero-order valence-corrected chi connectivity index (χ0v) is 22.0. The number of hydrogen-bond donors (Lipinski definition) is 1. The van der Waals surface area contributed by atoms with Gasteiger partial charge in [-0.15, -0.1) is 23.2 Å². The molecule has 0 bridgehead atoms. The van der Waals surface area contributed by atoms with E-state index in [0.29, 0.717) is 6.61 Å². The van der Waals surface area contributed by atoms with Crippen LogP contribution in [0.5, 0.6) is 0 Å². The third kappa shape index (κ3) is 36.6. The van der Waals surface area contributed by atoms with Gasteiger partial charge in [-0.1, -0.05) is 40.5 Å². The van der Waals surface area contributed by atoms with Crippen LogP contribution >= 0.6 is 34.8 Å². The first kappa shape index (κ1) is 34.5. The van der Waals surface area contributed by atoms with E-state index < -0.39 is 5.24 Å². The Morgan fingerprint density at radius 3 is 1.52 bits per heavy atom. The summed E-state index contributed by atoms with van der Waals surface area (Å²) < 4.78 is 4.83. The standard InChI is InChI=1S/C12H19ClO2.C10H18O.C2H2Cl2O/c1-10(2)5-4-6-11(3)7-8-15-12(14)9-13;1-9(2)5-4-6-10(3)7-8-11;3-1-2(4)5/h5,7H,4,6,8-9H2,1-3H3;5,7,11H,4,6,8H2,1-3H3;1H2/b11-7+;10-7+;. The molecule has 0 saturated heterocycles. The highest BCUT2D eigenvalue weighted by molar-refractivity contribution is 6.67. The van der Waals surface area contributed by atoms with Crippen molar-refractivity contribution < 1.29 is 19.4 Å². The summed E-state index contributed by atoms with van der Waals surface area (Å²) in [5.41, 5.74) is 5.19. The third-order valence-electron chi connectivity index (χ3n) is 3.51. The minimum absolute atomic E-state index is 0.0787. The van der Waals surface area contributed by atoms with E-state index in [1.54, 1.807) is 0 Å². The fourth-order valence-electron chi connectivity index (χ4n) is 1.85. The Labute approximate surface area is 204 Å². The molecule has 0 fully saturated rings. The fourth-order valence-corrected chi connectivity index (χ4v) is 1.93. The average molecular weight is 498 g/mol. The van der Waals surface area contributed by atoms with Crippen molar-refractivity contribution in [3.05, 3.63) is 46.6 Å². The monoisotopic (exact) mass is 496 g/mol. The first-order valence-electron chi connectivity index (χ1n) is 10.1. The molecular weight excluding hydrogens is 459 g/mol. The number of carbonyl (C=O) groups is 2. The van der Waals surface area contributed by atoms with Gasteiger partial charge in [-0.3, -0.25) is 9.59 Å². The number of ether oxygens (including phenoxy) is 1. The van der Waals surface area contributed by atoms with Crippen LogP contribution in [0.3, 0.4) is 0 Å². The van der Waals surface area contributed by atoms with E-state index >= 15 is 0 Å². The molecule has 0 atom stereocenters. The second kappa shape index (κ2) is 25.2. The summed E-state index contributed by atoms with van der Waals surface area (Å²) in [7, 11) is 0. The van der Waals surface area contributed by atoms with Crippen LogP contribution in [-0.4, -0.2) is 41.3 Å². The largest absolute Gasteiger partial charge is 0.461 e. The number of hydrogen-bond acceptors (Lipinski definition) is 4. The van der Waals surface area contributed by atoms with Gasteiger partial charge in [0.05, 0.1) is 12.5 Å². The Balaban J connectivity index is -0.000000428. The van der Waals surface area contributed by atoms with E-state index in [2.05, 4.69) is 46.8 Å². The second-order valence-corrected chi connectivity index (χ2v) is 8.19. The lowest BCUT2D eigenvalue weighted by Crippen LogP contribution is -2.05. The van der Waals surface area contributed by atoms with Gasteiger partial charge in [-0.2, -0.15) is 0 Å². The number of allylic oxidation sites excluding steroid dienone is 6. The molecule has 0 unspecified atom stereocenters. The molecule has 0 amide bonds. The van der Waals surface area contributed by atoms with E-state index in [9.17, 15) is 9.59 Å². The van der Waals surface area contributed by atoms with Crippen LogP contribution in [0.2, 0.25) is 0 Å². The van der Waals surface area contributed by atoms with Gasteiger partial charge in [0.1, 0.15) is 12.5 Å². The highest BCUT2D eigenvalue weighted by atomic mass is 35.5. The SMILES string of the molecule is CC(C)=CCC/C(C)=C/CO.CC(C)=CCC/C(C)=C/COC(=O)CCl.O=C(Cl)CCl. The lowest BCUT2D eigenvalue weighted by molar-refractivity contribution is -0.139. The molecule has 180 valence electrons. The van der Waals surface area contributed by atoms with E-state index in [4.69, 9.17) is 44.6 Å². The number of rotatable bonds is 11. The molecule has 0 aliphatic heterocycles. The van der Waals surface area contributed by atoms with Crippen molar-refractivity contribution in [2.24, 2.45) is 0 Å². The lowest BCUT2D eigenvalue weighted by atomic mass is 10.1. The predicted molar refractivity (Wildman–Crippen MR) is 135 cm³/mol. The first-order valence-corrected chi connectivity index (χ1v) is 11.6. The zero-order valence-electron chi connectivity index (χ0n) is 19.8. The number of alkyl halides is 2. The van der Waals surface area contributed by atoms with Crippen LogP contribution in [0.25, 0.3) is 0 Å². The Bertz CT molecular complexity index is 598. The molecule has 0 saturated carbocycles. The summed E-state index contributed by atoms with van der Waals surface area (Å²) in [6.07, 6.45) is 12.4. The Morgan fingerprint density at radius 2 is 1.19 bits per heavy atom. The van der Waals surface area contributed by atoms with Crippen LogP contribution in [-0.2, 0) is 14.3 Å². The van der Waals surface area contributed by atoms with E-state index in [-0.39, 0.29) is 24.3 Å². The second-order valence-electron chi connectivity index (χ2n) is 7.23. The normalized spacial score (nSPS) is 10.6. The van der Waals surface area contributed by atoms with Crippen LogP contribution < -0.4 is 0 Å². The van der Waals surface area contributed by atoms with Gasteiger partial charge in [0, 0.05) is 0 Å². The summed E-state index contributed by atoms with van der Waals surface area (Å²) in [6, 6.07) is 0. The number of aliphatic hydroxyl groups is 1. The van der Waals surface area contributed by atoms with Crippen LogP contribution in [0.1, 0.15) is 67.2 Å². The van der Waals surface area contributed by atoms with Crippen molar-refractivity contribution >= 4 is 46.0 Å². The van der Waals surface area contributed by atoms with Crippen molar-refractivity contribution in [1.29, 1.82) is 0 Å². The Hall–Kier alpha value is -1.07. The number of carbonyl (C=O) groups excluding carboxylic acids is 2. The van der Waals surface area contributed by atoms with Gasteiger partial charge in [0.15, 0.2) is 0 Å². The molecule has 1 N–H and O–H groups in total.